The first-order chi connectivity index (χ1) is 19.5. The molecule has 0 radical (unpaired) electrons. The number of hydrogen-bond acceptors (Lipinski definition) is 6. The molecule has 40 heavy (non-hydrogen) atoms. The highest BCUT2D eigenvalue weighted by Gasteiger charge is 2.37. The van der Waals surface area contributed by atoms with Crippen molar-refractivity contribution in [3.05, 3.63) is 78.4 Å². The van der Waals surface area contributed by atoms with Crippen molar-refractivity contribution >= 4 is 28.5 Å². The standard InChI is InChI=1S/C31H35N5O4/c1-21(36-28-15-8-7-14-27(28)33-34-36)31(38)35(24-12-9-13-26(20-24)40-3)29(22-16-18-25(39-2)19-17-22)30(37)32-23-10-5-4-6-11-23/h7-9,12-21,23,29H,4-6,10-11H2,1-3H3,(H,32,37). The van der Waals surface area contributed by atoms with E-state index < -0.39 is 12.1 Å². The molecule has 2 unspecified atom stereocenters. The van der Waals surface area contributed by atoms with Gasteiger partial charge in [-0.2, -0.15) is 0 Å². The number of methoxy groups -OCH3 is 2. The Morgan fingerprint density at radius 3 is 2.38 bits per heavy atom. The quantitative estimate of drug-likeness (QED) is 0.312. The maximum atomic E-state index is 14.5. The van der Waals surface area contributed by atoms with Gasteiger partial charge in [0.05, 0.1) is 19.7 Å². The molecule has 2 atom stereocenters. The van der Waals surface area contributed by atoms with Crippen molar-refractivity contribution in [3.8, 4) is 11.5 Å². The van der Waals surface area contributed by atoms with Crippen LogP contribution in [0.3, 0.4) is 0 Å². The zero-order valence-electron chi connectivity index (χ0n) is 23.1. The zero-order chi connectivity index (χ0) is 28.1. The van der Waals surface area contributed by atoms with E-state index in [0.29, 0.717) is 28.3 Å². The van der Waals surface area contributed by atoms with Gasteiger partial charge in [-0.05, 0) is 61.7 Å². The van der Waals surface area contributed by atoms with Crippen LogP contribution in [0.4, 0.5) is 5.69 Å². The van der Waals surface area contributed by atoms with Crippen LogP contribution in [0.2, 0.25) is 0 Å². The van der Waals surface area contributed by atoms with Crippen molar-refractivity contribution in [2.24, 2.45) is 0 Å². The van der Waals surface area contributed by atoms with Crippen molar-refractivity contribution in [3.63, 3.8) is 0 Å². The number of benzene rings is 3. The summed E-state index contributed by atoms with van der Waals surface area (Å²) in [6.07, 6.45) is 5.18. The Morgan fingerprint density at radius 1 is 0.925 bits per heavy atom. The van der Waals surface area contributed by atoms with Crippen LogP contribution in [0.1, 0.15) is 56.7 Å². The van der Waals surface area contributed by atoms with Gasteiger partial charge >= 0.3 is 0 Å². The molecule has 2 amide bonds. The third-order valence-electron chi connectivity index (χ3n) is 7.56. The van der Waals surface area contributed by atoms with Crippen molar-refractivity contribution in [2.75, 3.05) is 19.1 Å². The number of para-hydroxylation sites is 1. The predicted molar refractivity (Wildman–Crippen MR) is 153 cm³/mol. The number of nitrogens with one attached hydrogen (secondary N) is 1. The summed E-state index contributed by atoms with van der Waals surface area (Å²) in [6, 6.07) is 20.4. The van der Waals surface area contributed by atoms with Crippen LogP contribution in [0, 0.1) is 0 Å². The molecule has 0 aliphatic heterocycles. The topological polar surface area (TPSA) is 98.6 Å². The Balaban J connectivity index is 1.61. The third-order valence-corrected chi connectivity index (χ3v) is 7.56. The number of anilines is 1. The molecule has 1 heterocycles. The van der Waals surface area contributed by atoms with Crippen molar-refractivity contribution in [1.29, 1.82) is 0 Å². The summed E-state index contributed by atoms with van der Waals surface area (Å²) in [5.74, 6) is 0.708. The van der Waals surface area contributed by atoms with Crippen LogP contribution in [0.25, 0.3) is 11.0 Å². The van der Waals surface area contributed by atoms with Gasteiger partial charge in [-0.1, -0.05) is 54.8 Å². The minimum absolute atomic E-state index is 0.0703. The van der Waals surface area contributed by atoms with Crippen LogP contribution in [-0.2, 0) is 9.59 Å². The molecule has 4 aromatic rings. The van der Waals surface area contributed by atoms with Crippen molar-refractivity contribution in [1.82, 2.24) is 20.3 Å². The Morgan fingerprint density at radius 2 is 1.65 bits per heavy atom. The minimum atomic E-state index is -0.940. The fourth-order valence-corrected chi connectivity index (χ4v) is 5.37. The molecule has 9 heteroatoms. The molecule has 1 aliphatic carbocycles. The highest BCUT2D eigenvalue weighted by Crippen LogP contribution is 2.34. The zero-order valence-corrected chi connectivity index (χ0v) is 23.1. The molecule has 1 saturated carbocycles. The number of aromatic nitrogens is 3. The molecule has 0 saturated heterocycles. The summed E-state index contributed by atoms with van der Waals surface area (Å²) < 4.78 is 12.5. The number of ether oxygens (including phenoxy) is 2. The summed E-state index contributed by atoms with van der Waals surface area (Å²) in [6.45, 7) is 1.78. The SMILES string of the molecule is COc1ccc(C(C(=O)NC2CCCCC2)N(C(=O)C(C)n2nnc3ccccc32)c2cccc(OC)c2)cc1. The molecule has 5 rings (SSSR count). The predicted octanol–water partition coefficient (Wildman–Crippen LogP) is 5.23. The second-order valence-electron chi connectivity index (χ2n) is 10.1. The first kappa shape index (κ1) is 27.2. The average Bonchev–Trinajstić information content (AvgIpc) is 3.44. The third kappa shape index (κ3) is 5.64. The van der Waals surface area contributed by atoms with E-state index in [1.165, 1.54) is 6.42 Å². The highest BCUT2D eigenvalue weighted by molar-refractivity contribution is 6.03. The second-order valence-corrected chi connectivity index (χ2v) is 10.1. The Kier molecular flexibility index (Phi) is 8.28. The smallest absolute Gasteiger partial charge is 0.252 e. The minimum Gasteiger partial charge on any atom is -0.497 e. The molecule has 9 nitrogen and oxygen atoms in total. The van der Waals surface area contributed by atoms with Gasteiger partial charge in [0.15, 0.2) is 0 Å². The summed E-state index contributed by atoms with van der Waals surface area (Å²) in [7, 11) is 3.17. The van der Waals surface area contributed by atoms with Gasteiger partial charge in [0.1, 0.15) is 29.1 Å². The summed E-state index contributed by atoms with van der Waals surface area (Å²) in [5.41, 5.74) is 2.64. The maximum Gasteiger partial charge on any atom is 0.252 e. The van der Waals surface area contributed by atoms with Gasteiger partial charge in [0.2, 0.25) is 5.91 Å². The number of rotatable bonds is 9. The van der Waals surface area contributed by atoms with Crippen LogP contribution in [0.15, 0.2) is 72.8 Å². The lowest BCUT2D eigenvalue weighted by atomic mass is 9.94. The fourth-order valence-electron chi connectivity index (χ4n) is 5.37. The molecule has 0 spiro atoms. The second kappa shape index (κ2) is 12.2. The van der Waals surface area contributed by atoms with Gasteiger partial charge in [-0.15, -0.1) is 5.10 Å². The largest absolute Gasteiger partial charge is 0.497 e. The van der Waals surface area contributed by atoms with E-state index in [1.807, 2.05) is 54.6 Å². The van der Waals surface area contributed by atoms with E-state index in [2.05, 4.69) is 15.6 Å². The van der Waals surface area contributed by atoms with Gasteiger partial charge < -0.3 is 14.8 Å². The molecule has 1 N–H and O–H groups in total. The number of fused-ring (bicyclic) bond motifs is 1. The van der Waals surface area contributed by atoms with Crippen LogP contribution >= 0.6 is 0 Å². The van der Waals surface area contributed by atoms with Gasteiger partial charge in [0.25, 0.3) is 5.91 Å². The highest BCUT2D eigenvalue weighted by atomic mass is 16.5. The lowest BCUT2D eigenvalue weighted by molar-refractivity contribution is -0.128. The summed E-state index contributed by atoms with van der Waals surface area (Å²) >= 11 is 0. The van der Waals surface area contributed by atoms with E-state index in [0.717, 1.165) is 31.2 Å². The van der Waals surface area contributed by atoms with E-state index in [-0.39, 0.29) is 17.9 Å². The molecule has 3 aromatic carbocycles. The van der Waals surface area contributed by atoms with Crippen LogP contribution in [-0.4, -0.2) is 47.1 Å². The maximum absolute atomic E-state index is 14.5. The van der Waals surface area contributed by atoms with Gasteiger partial charge in [-0.25, -0.2) is 4.68 Å². The molecular weight excluding hydrogens is 506 g/mol. The Labute approximate surface area is 234 Å². The van der Waals surface area contributed by atoms with E-state index >= 15 is 0 Å². The van der Waals surface area contributed by atoms with E-state index in [1.54, 1.807) is 48.9 Å². The lowest BCUT2D eigenvalue weighted by Crippen LogP contribution is -2.48. The number of carbonyl (C=O) groups is 2. The molecule has 1 fully saturated rings. The van der Waals surface area contributed by atoms with Gasteiger partial charge in [-0.3, -0.25) is 14.5 Å². The average molecular weight is 542 g/mol. The van der Waals surface area contributed by atoms with Crippen molar-refractivity contribution < 1.29 is 19.1 Å². The van der Waals surface area contributed by atoms with E-state index in [4.69, 9.17) is 9.47 Å². The van der Waals surface area contributed by atoms with Crippen LogP contribution < -0.4 is 19.7 Å². The number of nitrogens with zero attached hydrogens (tertiary/aromatic N) is 4. The Bertz CT molecular complexity index is 1460. The molecule has 1 aromatic heterocycles. The number of carbonyl (C=O) groups excluding carboxylic acids is 2. The van der Waals surface area contributed by atoms with Gasteiger partial charge in [0, 0.05) is 17.8 Å². The van der Waals surface area contributed by atoms with E-state index in [9.17, 15) is 9.59 Å². The monoisotopic (exact) mass is 541 g/mol. The lowest BCUT2D eigenvalue weighted by Gasteiger charge is -2.35. The number of amides is 2. The summed E-state index contributed by atoms with van der Waals surface area (Å²) in [4.78, 5) is 30.2. The Hall–Kier alpha value is -4.40. The molecule has 0 bridgehead atoms. The number of hydrogen-bond donors (Lipinski definition) is 1. The molecule has 1 aliphatic rings. The molecular formula is C31H35N5O4. The normalized spacial score (nSPS) is 15.3. The van der Waals surface area contributed by atoms with Crippen molar-refractivity contribution in [2.45, 2.75) is 57.2 Å². The fraction of sp³-hybridized carbons (Fsp3) is 0.355. The summed E-state index contributed by atoms with van der Waals surface area (Å²) in [5, 5.41) is 11.8. The first-order valence-electron chi connectivity index (χ1n) is 13.7. The first-order valence-corrected chi connectivity index (χ1v) is 13.7. The molecule has 208 valence electrons. The van der Waals surface area contributed by atoms with Crippen LogP contribution in [0.5, 0.6) is 11.5 Å².